The minimum absolute atomic E-state index is 0.360. The van der Waals surface area contributed by atoms with E-state index in [1.807, 2.05) is 0 Å². The molecule has 1 aliphatic carbocycles. The normalized spacial score (nSPS) is 43.1. The van der Waals surface area contributed by atoms with Gasteiger partial charge in [0.05, 0.1) is 6.61 Å². The molecule has 2 rings (SSSR count). The van der Waals surface area contributed by atoms with Crippen molar-refractivity contribution in [3.8, 4) is 0 Å². The molecule has 1 saturated carbocycles. The highest BCUT2D eigenvalue weighted by atomic mass is 16.3. The lowest BCUT2D eigenvalue weighted by Gasteiger charge is -2.29. The summed E-state index contributed by atoms with van der Waals surface area (Å²) < 4.78 is 0. The minimum atomic E-state index is 0.360. The van der Waals surface area contributed by atoms with Gasteiger partial charge in [0.25, 0.3) is 0 Å². The molecule has 3 atom stereocenters. The van der Waals surface area contributed by atoms with Gasteiger partial charge >= 0.3 is 0 Å². The molecule has 2 aliphatic rings. The predicted molar refractivity (Wildman–Crippen MR) is 44.3 cm³/mol. The molecule has 0 aromatic rings. The van der Waals surface area contributed by atoms with Gasteiger partial charge in [-0.2, -0.15) is 0 Å². The summed E-state index contributed by atoms with van der Waals surface area (Å²) in [6.45, 7) is 6.02. The molecule has 0 aromatic heterocycles. The fraction of sp³-hybridized carbons (Fsp3) is 1.00. The Morgan fingerprint density at radius 1 is 1.55 bits per heavy atom. The van der Waals surface area contributed by atoms with Crippen LogP contribution < -0.4 is 0 Å². The smallest absolute Gasteiger partial charge is 0.0589 e. The summed E-state index contributed by atoms with van der Waals surface area (Å²) >= 11 is 0. The van der Waals surface area contributed by atoms with Crippen molar-refractivity contribution >= 4 is 0 Å². The highest BCUT2D eigenvalue weighted by Gasteiger charge is 2.52. The average Bonchev–Trinajstić information content (AvgIpc) is 2.63. The second kappa shape index (κ2) is 2.46. The summed E-state index contributed by atoms with van der Waals surface area (Å²) in [5.41, 5.74) is 0. The number of hydrogen-bond donors (Lipinski definition) is 1. The van der Waals surface area contributed by atoms with Gasteiger partial charge in [-0.3, -0.25) is 4.90 Å². The van der Waals surface area contributed by atoms with E-state index in [0.717, 1.165) is 11.8 Å². The van der Waals surface area contributed by atoms with E-state index in [0.29, 0.717) is 18.7 Å². The number of aliphatic hydroxyl groups excluding tert-OH is 1. The maximum absolute atomic E-state index is 9.14. The van der Waals surface area contributed by atoms with Gasteiger partial charge in [0, 0.05) is 18.6 Å². The van der Waals surface area contributed by atoms with Crippen LogP contribution in [0.2, 0.25) is 0 Å². The number of hydrogen-bond acceptors (Lipinski definition) is 2. The summed E-state index contributed by atoms with van der Waals surface area (Å²) in [6.07, 6.45) is 1.37. The Bertz CT molecular complexity index is 158. The third kappa shape index (κ3) is 1.09. The number of piperidine rings is 1. The molecule has 0 radical (unpaired) electrons. The maximum Gasteiger partial charge on any atom is 0.0589 e. The Morgan fingerprint density at radius 2 is 2.27 bits per heavy atom. The zero-order valence-electron chi connectivity index (χ0n) is 7.33. The molecule has 11 heavy (non-hydrogen) atoms. The van der Waals surface area contributed by atoms with Gasteiger partial charge in [-0.25, -0.2) is 0 Å². The molecular weight excluding hydrogens is 138 g/mol. The molecule has 64 valence electrons. The van der Waals surface area contributed by atoms with E-state index in [4.69, 9.17) is 5.11 Å². The third-order valence-electron chi connectivity index (χ3n) is 3.19. The van der Waals surface area contributed by atoms with Crippen LogP contribution in [0.5, 0.6) is 0 Å². The monoisotopic (exact) mass is 155 g/mol. The molecule has 0 amide bonds. The molecule has 1 N–H and O–H groups in total. The molecule has 0 spiro atoms. The maximum atomic E-state index is 9.14. The van der Waals surface area contributed by atoms with E-state index in [2.05, 4.69) is 18.7 Å². The van der Waals surface area contributed by atoms with Gasteiger partial charge in [-0.05, 0) is 32.1 Å². The Morgan fingerprint density at radius 3 is 2.73 bits per heavy atom. The average molecular weight is 155 g/mol. The van der Waals surface area contributed by atoms with Crippen molar-refractivity contribution in [2.75, 3.05) is 13.2 Å². The van der Waals surface area contributed by atoms with Gasteiger partial charge in [-0.1, -0.05) is 0 Å². The van der Waals surface area contributed by atoms with E-state index in [9.17, 15) is 0 Å². The highest BCUT2D eigenvalue weighted by Crippen LogP contribution is 2.49. The van der Waals surface area contributed by atoms with Crippen molar-refractivity contribution in [1.82, 2.24) is 4.90 Å². The summed E-state index contributed by atoms with van der Waals surface area (Å²) in [5, 5.41) is 9.14. The van der Waals surface area contributed by atoms with Crippen LogP contribution in [-0.4, -0.2) is 35.2 Å². The SMILES string of the molecule is CC(C)N1C[C@@H]2C[C@@H]2[C@@H]1CO. The number of nitrogens with zero attached hydrogens (tertiary/aromatic N) is 1. The van der Waals surface area contributed by atoms with Crippen LogP contribution >= 0.6 is 0 Å². The Kier molecular flexibility index (Phi) is 1.69. The van der Waals surface area contributed by atoms with E-state index >= 15 is 0 Å². The van der Waals surface area contributed by atoms with Gasteiger partial charge in [0.2, 0.25) is 0 Å². The Hall–Kier alpha value is -0.0800. The summed E-state index contributed by atoms with van der Waals surface area (Å²) in [4.78, 5) is 2.44. The molecule has 0 bridgehead atoms. The van der Waals surface area contributed by atoms with Crippen molar-refractivity contribution in [2.24, 2.45) is 11.8 Å². The lowest BCUT2D eigenvalue weighted by atomic mass is 10.2. The van der Waals surface area contributed by atoms with E-state index in [-0.39, 0.29) is 0 Å². The molecule has 2 nitrogen and oxygen atoms in total. The predicted octanol–water partition coefficient (Wildman–Crippen LogP) is 0.707. The fourth-order valence-electron chi connectivity index (χ4n) is 2.44. The van der Waals surface area contributed by atoms with E-state index < -0.39 is 0 Å². The van der Waals surface area contributed by atoms with E-state index in [1.54, 1.807) is 0 Å². The van der Waals surface area contributed by atoms with Crippen LogP contribution in [-0.2, 0) is 0 Å². The van der Waals surface area contributed by atoms with Crippen molar-refractivity contribution in [2.45, 2.75) is 32.4 Å². The molecule has 1 aliphatic heterocycles. The van der Waals surface area contributed by atoms with Gasteiger partial charge in [-0.15, -0.1) is 0 Å². The van der Waals surface area contributed by atoms with Crippen LogP contribution in [0, 0.1) is 11.8 Å². The standard InChI is InChI=1S/C9H17NO/c1-6(2)10-4-7-3-8(7)9(10)5-11/h6-9,11H,3-5H2,1-2H3/t7-,8-,9-/m0/s1. The molecular formula is C9H17NO. The lowest BCUT2D eigenvalue weighted by molar-refractivity contribution is 0.111. The topological polar surface area (TPSA) is 23.5 Å². The van der Waals surface area contributed by atoms with Gasteiger partial charge in [0.1, 0.15) is 0 Å². The van der Waals surface area contributed by atoms with Crippen LogP contribution in [0.25, 0.3) is 0 Å². The Labute approximate surface area is 68.2 Å². The van der Waals surface area contributed by atoms with Crippen molar-refractivity contribution in [3.63, 3.8) is 0 Å². The third-order valence-corrected chi connectivity index (χ3v) is 3.19. The number of rotatable bonds is 2. The van der Waals surface area contributed by atoms with Crippen LogP contribution in [0.15, 0.2) is 0 Å². The summed E-state index contributed by atoms with van der Waals surface area (Å²) in [5.74, 6) is 1.76. The van der Waals surface area contributed by atoms with Crippen LogP contribution in [0.4, 0.5) is 0 Å². The highest BCUT2D eigenvalue weighted by molar-refractivity contribution is 5.04. The number of likely N-dealkylation sites (tertiary alicyclic amines) is 1. The molecule has 1 heterocycles. The number of fused-ring (bicyclic) bond motifs is 1. The van der Waals surface area contributed by atoms with Crippen LogP contribution in [0.3, 0.4) is 0 Å². The van der Waals surface area contributed by atoms with Crippen molar-refractivity contribution in [3.05, 3.63) is 0 Å². The van der Waals surface area contributed by atoms with Gasteiger partial charge in [0.15, 0.2) is 0 Å². The molecule has 0 aromatic carbocycles. The molecule has 0 unspecified atom stereocenters. The molecule has 2 fully saturated rings. The summed E-state index contributed by atoms with van der Waals surface area (Å²) in [6, 6.07) is 1.10. The summed E-state index contributed by atoms with van der Waals surface area (Å²) in [7, 11) is 0. The van der Waals surface area contributed by atoms with Crippen LogP contribution in [0.1, 0.15) is 20.3 Å². The Balaban J connectivity index is 2.01. The first-order valence-electron chi connectivity index (χ1n) is 4.60. The quantitative estimate of drug-likeness (QED) is 0.634. The molecule has 1 saturated heterocycles. The lowest BCUT2D eigenvalue weighted by Crippen LogP contribution is -2.40. The zero-order chi connectivity index (χ0) is 8.01. The largest absolute Gasteiger partial charge is 0.395 e. The fourth-order valence-corrected chi connectivity index (χ4v) is 2.44. The zero-order valence-corrected chi connectivity index (χ0v) is 7.33. The molecule has 2 heteroatoms. The first kappa shape index (κ1) is 7.56. The second-order valence-electron chi connectivity index (χ2n) is 4.20. The second-order valence-corrected chi connectivity index (χ2v) is 4.20. The van der Waals surface area contributed by atoms with E-state index in [1.165, 1.54) is 13.0 Å². The van der Waals surface area contributed by atoms with Crippen molar-refractivity contribution < 1.29 is 5.11 Å². The first-order chi connectivity index (χ1) is 5.24. The van der Waals surface area contributed by atoms with Crippen molar-refractivity contribution in [1.29, 1.82) is 0 Å². The first-order valence-corrected chi connectivity index (χ1v) is 4.60. The minimum Gasteiger partial charge on any atom is -0.395 e. The number of aliphatic hydroxyl groups is 1. The van der Waals surface area contributed by atoms with Gasteiger partial charge < -0.3 is 5.11 Å².